The molecule has 0 aliphatic carbocycles. The molecule has 1 saturated heterocycles. The predicted octanol–water partition coefficient (Wildman–Crippen LogP) is 1.81. The summed E-state index contributed by atoms with van der Waals surface area (Å²) in [6.07, 6.45) is 3.45. The van der Waals surface area contributed by atoms with E-state index in [1.165, 1.54) is 18.5 Å². The van der Waals surface area contributed by atoms with Crippen molar-refractivity contribution in [3.8, 4) is 0 Å². The maximum Gasteiger partial charge on any atom is 0.337 e. The van der Waals surface area contributed by atoms with Crippen molar-refractivity contribution in [3.63, 3.8) is 0 Å². The number of hydrogen-bond donors (Lipinski definition) is 2. The molecule has 114 valence electrons. The van der Waals surface area contributed by atoms with Crippen LogP contribution in [-0.2, 0) is 4.74 Å². The van der Waals surface area contributed by atoms with Gasteiger partial charge in [-0.2, -0.15) is 0 Å². The van der Waals surface area contributed by atoms with Crippen LogP contribution in [0.4, 0.5) is 10.5 Å². The van der Waals surface area contributed by atoms with E-state index in [4.69, 9.17) is 9.84 Å². The zero-order valence-electron chi connectivity index (χ0n) is 12.1. The van der Waals surface area contributed by atoms with Gasteiger partial charge in [0, 0.05) is 12.7 Å². The number of pyridine rings is 1. The molecule has 1 aliphatic rings. The summed E-state index contributed by atoms with van der Waals surface area (Å²) in [7, 11) is 0. The molecule has 2 atom stereocenters. The molecule has 0 radical (unpaired) electrons. The highest BCUT2D eigenvalue weighted by molar-refractivity contribution is 5.92. The van der Waals surface area contributed by atoms with E-state index in [1.54, 1.807) is 4.90 Å². The molecule has 2 N–H and O–H groups in total. The first-order valence-corrected chi connectivity index (χ1v) is 6.88. The van der Waals surface area contributed by atoms with Crippen LogP contribution in [0.15, 0.2) is 18.5 Å². The summed E-state index contributed by atoms with van der Waals surface area (Å²) in [6, 6.07) is 1.15. The quantitative estimate of drug-likeness (QED) is 0.886. The zero-order chi connectivity index (χ0) is 15.4. The predicted molar refractivity (Wildman–Crippen MR) is 76.4 cm³/mol. The standard InChI is InChI=1S/C14H19N3O4/c1-3-12-8-21-9(2)7-17(12)14(20)16-11-4-10(13(18)19)5-15-6-11/h4-6,9,12H,3,7-8H2,1-2H3,(H,16,20)(H,18,19). The molecule has 2 unspecified atom stereocenters. The number of nitrogens with one attached hydrogen (secondary N) is 1. The van der Waals surface area contributed by atoms with E-state index in [9.17, 15) is 9.59 Å². The summed E-state index contributed by atoms with van der Waals surface area (Å²) in [4.78, 5) is 28.8. The number of hydrogen-bond acceptors (Lipinski definition) is 4. The number of anilines is 1. The number of carbonyl (C=O) groups excluding carboxylic acids is 1. The molecule has 21 heavy (non-hydrogen) atoms. The molecule has 1 aliphatic heterocycles. The number of aromatic nitrogens is 1. The molecular formula is C14H19N3O4. The van der Waals surface area contributed by atoms with Gasteiger partial charge in [-0.1, -0.05) is 6.92 Å². The molecular weight excluding hydrogens is 274 g/mol. The van der Waals surface area contributed by atoms with Gasteiger partial charge in [-0.15, -0.1) is 0 Å². The third-order valence-electron chi connectivity index (χ3n) is 3.44. The van der Waals surface area contributed by atoms with Crippen molar-refractivity contribution in [2.75, 3.05) is 18.5 Å². The van der Waals surface area contributed by atoms with Crippen molar-refractivity contribution in [2.24, 2.45) is 0 Å². The van der Waals surface area contributed by atoms with Crippen molar-refractivity contribution in [3.05, 3.63) is 24.0 Å². The molecule has 7 nitrogen and oxygen atoms in total. The van der Waals surface area contributed by atoms with Gasteiger partial charge in [-0.05, 0) is 19.4 Å². The molecule has 2 amide bonds. The summed E-state index contributed by atoms with van der Waals surface area (Å²) in [6.45, 7) is 4.94. The van der Waals surface area contributed by atoms with Crippen LogP contribution in [-0.4, -0.2) is 52.3 Å². The fraction of sp³-hybridized carbons (Fsp3) is 0.500. The second-order valence-electron chi connectivity index (χ2n) is 5.06. The van der Waals surface area contributed by atoms with Gasteiger partial charge < -0.3 is 20.1 Å². The van der Waals surface area contributed by atoms with Gasteiger partial charge >= 0.3 is 12.0 Å². The van der Waals surface area contributed by atoms with Gasteiger partial charge in [-0.3, -0.25) is 4.98 Å². The Bertz CT molecular complexity index is 535. The summed E-state index contributed by atoms with van der Waals surface area (Å²) in [5.74, 6) is -1.08. The van der Waals surface area contributed by atoms with Gasteiger partial charge in [0.2, 0.25) is 0 Å². The minimum atomic E-state index is -1.08. The van der Waals surface area contributed by atoms with E-state index < -0.39 is 5.97 Å². The highest BCUT2D eigenvalue weighted by Crippen LogP contribution is 2.17. The smallest absolute Gasteiger partial charge is 0.337 e. The Labute approximate surface area is 122 Å². The Morgan fingerprint density at radius 3 is 2.95 bits per heavy atom. The van der Waals surface area contributed by atoms with Crippen LogP contribution in [0.25, 0.3) is 0 Å². The lowest BCUT2D eigenvalue weighted by Crippen LogP contribution is -2.52. The van der Waals surface area contributed by atoms with Gasteiger partial charge in [0.25, 0.3) is 0 Å². The molecule has 0 saturated carbocycles. The average Bonchev–Trinajstić information content (AvgIpc) is 2.47. The third kappa shape index (κ3) is 3.69. The van der Waals surface area contributed by atoms with E-state index >= 15 is 0 Å². The van der Waals surface area contributed by atoms with Crippen LogP contribution < -0.4 is 5.32 Å². The average molecular weight is 293 g/mol. The minimum absolute atomic E-state index is 0.0120. The van der Waals surface area contributed by atoms with Crippen molar-refractivity contribution in [2.45, 2.75) is 32.4 Å². The Kier molecular flexibility index (Phi) is 4.74. The van der Waals surface area contributed by atoms with Crippen LogP contribution in [0, 0.1) is 0 Å². The largest absolute Gasteiger partial charge is 0.478 e. The van der Waals surface area contributed by atoms with Crippen molar-refractivity contribution >= 4 is 17.7 Å². The van der Waals surface area contributed by atoms with Crippen LogP contribution >= 0.6 is 0 Å². The van der Waals surface area contributed by atoms with E-state index in [2.05, 4.69) is 10.3 Å². The normalized spacial score (nSPS) is 21.9. The second-order valence-corrected chi connectivity index (χ2v) is 5.06. The number of aromatic carboxylic acids is 1. The summed E-state index contributed by atoms with van der Waals surface area (Å²) in [5, 5.41) is 11.6. The SMILES string of the molecule is CCC1COC(C)CN1C(=O)Nc1cncc(C(=O)O)c1. The Morgan fingerprint density at radius 1 is 1.52 bits per heavy atom. The van der Waals surface area contributed by atoms with Gasteiger partial charge in [0.05, 0.1) is 36.2 Å². The number of ether oxygens (including phenoxy) is 1. The molecule has 1 fully saturated rings. The van der Waals surface area contributed by atoms with Crippen LogP contribution in [0.2, 0.25) is 0 Å². The fourth-order valence-electron chi connectivity index (χ4n) is 2.25. The molecule has 1 aromatic rings. The van der Waals surface area contributed by atoms with Crippen LogP contribution in [0.1, 0.15) is 30.6 Å². The van der Waals surface area contributed by atoms with Gasteiger partial charge in [-0.25, -0.2) is 9.59 Å². The van der Waals surface area contributed by atoms with Gasteiger partial charge in [0.15, 0.2) is 0 Å². The molecule has 0 spiro atoms. The number of carbonyl (C=O) groups is 2. The Morgan fingerprint density at radius 2 is 2.29 bits per heavy atom. The first-order valence-electron chi connectivity index (χ1n) is 6.88. The molecule has 1 aromatic heterocycles. The number of carboxylic acid groups (broad SMARTS) is 1. The third-order valence-corrected chi connectivity index (χ3v) is 3.44. The zero-order valence-corrected chi connectivity index (χ0v) is 12.1. The van der Waals surface area contributed by atoms with E-state index in [0.717, 1.165) is 6.42 Å². The monoisotopic (exact) mass is 293 g/mol. The fourth-order valence-corrected chi connectivity index (χ4v) is 2.25. The lowest BCUT2D eigenvalue weighted by molar-refractivity contribution is -0.0357. The van der Waals surface area contributed by atoms with Crippen LogP contribution in [0.5, 0.6) is 0 Å². The molecule has 0 bridgehead atoms. The molecule has 2 heterocycles. The Hall–Kier alpha value is -2.15. The minimum Gasteiger partial charge on any atom is -0.478 e. The lowest BCUT2D eigenvalue weighted by Gasteiger charge is -2.38. The molecule has 2 rings (SSSR count). The molecule has 7 heteroatoms. The number of nitrogens with zero attached hydrogens (tertiary/aromatic N) is 2. The lowest BCUT2D eigenvalue weighted by atomic mass is 10.1. The van der Waals surface area contributed by atoms with E-state index in [-0.39, 0.29) is 23.7 Å². The van der Waals surface area contributed by atoms with Crippen molar-refractivity contribution in [1.29, 1.82) is 0 Å². The number of morpholine rings is 1. The first kappa shape index (κ1) is 15.2. The Balaban J connectivity index is 2.09. The summed E-state index contributed by atoms with van der Waals surface area (Å²) in [5.41, 5.74) is 0.407. The summed E-state index contributed by atoms with van der Waals surface area (Å²) >= 11 is 0. The van der Waals surface area contributed by atoms with Crippen molar-refractivity contribution < 1.29 is 19.4 Å². The van der Waals surface area contributed by atoms with Crippen molar-refractivity contribution in [1.82, 2.24) is 9.88 Å². The number of rotatable bonds is 3. The first-order chi connectivity index (χ1) is 10.0. The second kappa shape index (κ2) is 6.53. The number of carboxylic acids is 1. The van der Waals surface area contributed by atoms with Gasteiger partial charge in [0.1, 0.15) is 0 Å². The summed E-state index contributed by atoms with van der Waals surface area (Å²) < 4.78 is 5.55. The van der Waals surface area contributed by atoms with Crippen LogP contribution in [0.3, 0.4) is 0 Å². The highest BCUT2D eigenvalue weighted by Gasteiger charge is 2.29. The highest BCUT2D eigenvalue weighted by atomic mass is 16.5. The number of amides is 2. The number of urea groups is 1. The van der Waals surface area contributed by atoms with E-state index in [0.29, 0.717) is 18.8 Å². The maximum absolute atomic E-state index is 12.3. The molecule has 0 aromatic carbocycles. The van der Waals surface area contributed by atoms with E-state index in [1.807, 2.05) is 13.8 Å². The maximum atomic E-state index is 12.3. The topological polar surface area (TPSA) is 91.8 Å².